The molecule has 0 bridgehead atoms. The molecule has 1 unspecified atom stereocenters. The molecule has 0 aliphatic carbocycles. The van der Waals surface area contributed by atoms with Crippen molar-refractivity contribution in [1.29, 1.82) is 0 Å². The second kappa shape index (κ2) is 6.73. The van der Waals surface area contributed by atoms with Gasteiger partial charge in [-0.05, 0) is 31.7 Å². The lowest BCUT2D eigenvalue weighted by Gasteiger charge is -2.13. The predicted octanol–water partition coefficient (Wildman–Crippen LogP) is 3.61. The Labute approximate surface area is 118 Å². The van der Waals surface area contributed by atoms with Crippen molar-refractivity contribution in [3.63, 3.8) is 0 Å². The van der Waals surface area contributed by atoms with Gasteiger partial charge < -0.3 is 5.11 Å². The minimum absolute atomic E-state index is 0.543. The van der Waals surface area contributed by atoms with Crippen molar-refractivity contribution >= 4 is 11.6 Å². The van der Waals surface area contributed by atoms with Gasteiger partial charge in [0.05, 0.1) is 23.0 Å². The van der Waals surface area contributed by atoms with Gasteiger partial charge in [0.25, 0.3) is 0 Å². The monoisotopic (exact) mass is 278 g/mol. The van der Waals surface area contributed by atoms with Gasteiger partial charge in [-0.2, -0.15) is 5.10 Å². The Kier molecular flexibility index (Phi) is 5.00. The smallest absolute Gasteiger partial charge is 0.0971 e. The molecule has 0 saturated heterocycles. The summed E-state index contributed by atoms with van der Waals surface area (Å²) in [5.74, 6) is 0. The average Bonchev–Trinajstić information content (AvgIpc) is 2.81. The molecule has 0 amide bonds. The number of hydrogen-bond donors (Lipinski definition) is 1. The molecule has 2 aromatic rings. The van der Waals surface area contributed by atoms with Gasteiger partial charge in [-0.1, -0.05) is 41.9 Å². The molecule has 1 heterocycles. The molecule has 1 aromatic carbocycles. The zero-order valence-electron chi connectivity index (χ0n) is 11.1. The summed E-state index contributed by atoms with van der Waals surface area (Å²) >= 11 is 6.07. The zero-order valence-corrected chi connectivity index (χ0v) is 11.8. The van der Waals surface area contributed by atoms with Crippen molar-refractivity contribution < 1.29 is 5.11 Å². The van der Waals surface area contributed by atoms with Crippen molar-refractivity contribution in [3.8, 4) is 0 Å². The van der Waals surface area contributed by atoms with E-state index in [-0.39, 0.29) is 0 Å². The van der Waals surface area contributed by atoms with Crippen molar-refractivity contribution in [1.82, 2.24) is 9.78 Å². The molecule has 0 radical (unpaired) electrons. The SMILES string of the molecule is CCn1ncc(Cl)c1C(O)CCCc1ccccc1. The van der Waals surface area contributed by atoms with E-state index in [2.05, 4.69) is 17.2 Å². The molecular weight excluding hydrogens is 260 g/mol. The zero-order chi connectivity index (χ0) is 13.7. The van der Waals surface area contributed by atoms with Crippen molar-refractivity contribution in [3.05, 3.63) is 52.8 Å². The first-order valence-corrected chi connectivity index (χ1v) is 7.03. The van der Waals surface area contributed by atoms with Crippen LogP contribution in [0.2, 0.25) is 5.02 Å². The number of rotatable bonds is 6. The van der Waals surface area contributed by atoms with Crippen LogP contribution in [0, 0.1) is 0 Å². The van der Waals surface area contributed by atoms with Crippen LogP contribution < -0.4 is 0 Å². The van der Waals surface area contributed by atoms with Gasteiger partial charge in [-0.25, -0.2) is 0 Å². The van der Waals surface area contributed by atoms with E-state index >= 15 is 0 Å². The summed E-state index contributed by atoms with van der Waals surface area (Å²) < 4.78 is 1.76. The van der Waals surface area contributed by atoms with E-state index in [1.54, 1.807) is 10.9 Å². The van der Waals surface area contributed by atoms with E-state index in [0.717, 1.165) is 25.1 Å². The lowest BCUT2D eigenvalue weighted by molar-refractivity contribution is 0.154. The van der Waals surface area contributed by atoms with Gasteiger partial charge in [0, 0.05) is 6.54 Å². The highest BCUT2D eigenvalue weighted by atomic mass is 35.5. The fourth-order valence-corrected chi connectivity index (χ4v) is 2.50. The highest BCUT2D eigenvalue weighted by Gasteiger charge is 2.16. The van der Waals surface area contributed by atoms with Crippen LogP contribution in [0.5, 0.6) is 0 Å². The summed E-state index contributed by atoms with van der Waals surface area (Å²) in [5, 5.41) is 14.9. The molecule has 0 aliphatic rings. The van der Waals surface area contributed by atoms with Crippen LogP contribution in [0.4, 0.5) is 0 Å². The van der Waals surface area contributed by atoms with Crippen molar-refractivity contribution in [2.24, 2.45) is 0 Å². The largest absolute Gasteiger partial charge is 0.387 e. The lowest BCUT2D eigenvalue weighted by Crippen LogP contribution is -2.08. The maximum atomic E-state index is 10.2. The van der Waals surface area contributed by atoms with Crippen molar-refractivity contribution in [2.45, 2.75) is 38.8 Å². The number of benzene rings is 1. The molecule has 3 nitrogen and oxygen atoms in total. The first-order chi connectivity index (χ1) is 9.22. The first kappa shape index (κ1) is 14.1. The average molecular weight is 279 g/mol. The summed E-state index contributed by atoms with van der Waals surface area (Å²) in [6.07, 6.45) is 3.64. The van der Waals surface area contributed by atoms with Crippen LogP contribution >= 0.6 is 11.6 Å². The van der Waals surface area contributed by atoms with E-state index in [1.165, 1.54) is 5.56 Å². The van der Waals surface area contributed by atoms with Crippen LogP contribution in [-0.4, -0.2) is 14.9 Å². The van der Waals surface area contributed by atoms with Crippen LogP contribution in [0.3, 0.4) is 0 Å². The van der Waals surface area contributed by atoms with E-state index in [9.17, 15) is 5.11 Å². The fraction of sp³-hybridized carbons (Fsp3) is 0.400. The molecule has 1 aromatic heterocycles. The molecule has 0 spiro atoms. The molecule has 4 heteroatoms. The number of hydrogen-bond acceptors (Lipinski definition) is 2. The van der Waals surface area contributed by atoms with Gasteiger partial charge in [-0.3, -0.25) is 4.68 Å². The number of halogens is 1. The standard InChI is InChI=1S/C15H19ClN2O/c1-2-18-15(13(16)11-17-18)14(19)10-6-9-12-7-4-3-5-8-12/h3-5,7-8,11,14,19H,2,6,9-10H2,1H3. The fourth-order valence-electron chi connectivity index (χ4n) is 2.24. The summed E-state index contributed by atoms with van der Waals surface area (Å²) in [4.78, 5) is 0. The molecule has 0 fully saturated rings. The van der Waals surface area contributed by atoms with Gasteiger partial charge in [0.2, 0.25) is 0 Å². The maximum Gasteiger partial charge on any atom is 0.0971 e. The molecule has 0 saturated carbocycles. The highest BCUT2D eigenvalue weighted by molar-refractivity contribution is 6.31. The number of aliphatic hydroxyl groups is 1. The Morgan fingerprint density at radius 2 is 2.05 bits per heavy atom. The molecule has 1 atom stereocenters. The van der Waals surface area contributed by atoms with Crippen LogP contribution in [0.1, 0.15) is 37.1 Å². The number of aromatic nitrogens is 2. The second-order valence-electron chi connectivity index (χ2n) is 4.59. The Bertz CT molecular complexity index is 510. The summed E-state index contributed by atoms with van der Waals surface area (Å²) in [6, 6.07) is 10.3. The normalized spacial score (nSPS) is 12.6. The Morgan fingerprint density at radius 1 is 1.32 bits per heavy atom. The molecular formula is C15H19ClN2O. The first-order valence-electron chi connectivity index (χ1n) is 6.65. The predicted molar refractivity (Wildman–Crippen MR) is 77.3 cm³/mol. The number of nitrogens with zero attached hydrogens (tertiary/aromatic N) is 2. The molecule has 1 N–H and O–H groups in total. The second-order valence-corrected chi connectivity index (χ2v) is 4.99. The molecule has 19 heavy (non-hydrogen) atoms. The Morgan fingerprint density at radius 3 is 2.74 bits per heavy atom. The Balaban J connectivity index is 1.91. The summed E-state index contributed by atoms with van der Waals surface area (Å²) in [5.41, 5.74) is 2.03. The minimum atomic E-state index is -0.543. The number of aryl methyl sites for hydroxylation is 2. The van der Waals surface area contributed by atoms with Gasteiger partial charge in [0.1, 0.15) is 0 Å². The maximum absolute atomic E-state index is 10.2. The quantitative estimate of drug-likeness (QED) is 0.876. The number of aliphatic hydroxyl groups excluding tert-OH is 1. The Hall–Kier alpha value is -1.32. The lowest BCUT2D eigenvalue weighted by atomic mass is 10.0. The van der Waals surface area contributed by atoms with Crippen LogP contribution in [0.25, 0.3) is 0 Å². The van der Waals surface area contributed by atoms with Gasteiger partial charge in [0.15, 0.2) is 0 Å². The van der Waals surface area contributed by atoms with Crippen LogP contribution in [-0.2, 0) is 13.0 Å². The van der Waals surface area contributed by atoms with E-state index in [0.29, 0.717) is 11.4 Å². The van der Waals surface area contributed by atoms with Crippen molar-refractivity contribution in [2.75, 3.05) is 0 Å². The summed E-state index contributed by atoms with van der Waals surface area (Å²) in [6.45, 7) is 2.71. The third kappa shape index (κ3) is 3.58. The van der Waals surface area contributed by atoms with Gasteiger partial charge >= 0.3 is 0 Å². The topological polar surface area (TPSA) is 38.0 Å². The minimum Gasteiger partial charge on any atom is -0.387 e. The highest BCUT2D eigenvalue weighted by Crippen LogP contribution is 2.26. The third-order valence-electron chi connectivity index (χ3n) is 3.23. The summed E-state index contributed by atoms with van der Waals surface area (Å²) in [7, 11) is 0. The van der Waals surface area contributed by atoms with E-state index in [1.807, 2.05) is 25.1 Å². The van der Waals surface area contributed by atoms with E-state index in [4.69, 9.17) is 11.6 Å². The third-order valence-corrected chi connectivity index (χ3v) is 3.53. The van der Waals surface area contributed by atoms with Gasteiger partial charge in [-0.15, -0.1) is 0 Å². The molecule has 102 valence electrons. The molecule has 2 rings (SSSR count). The van der Waals surface area contributed by atoms with E-state index < -0.39 is 6.10 Å². The molecule has 0 aliphatic heterocycles. The van der Waals surface area contributed by atoms with Crippen LogP contribution in [0.15, 0.2) is 36.5 Å².